The lowest BCUT2D eigenvalue weighted by Crippen LogP contribution is -2.57. The van der Waals surface area contributed by atoms with E-state index in [-0.39, 0.29) is 24.9 Å². The Morgan fingerprint density at radius 2 is 1.51 bits per heavy atom. The van der Waals surface area contributed by atoms with E-state index >= 15 is 0 Å². The first-order chi connectivity index (χ1) is 16.8. The van der Waals surface area contributed by atoms with Crippen molar-refractivity contribution in [2.45, 2.75) is 49.1 Å². The lowest BCUT2D eigenvalue weighted by molar-refractivity contribution is -0.143. The first kappa shape index (κ1) is 23.4. The number of hydrogen-bond donors (Lipinski definition) is 3. The number of ether oxygens (including phenoxy) is 1. The van der Waals surface area contributed by atoms with Crippen LogP contribution in [0.1, 0.15) is 49.1 Å². The molecule has 1 aliphatic heterocycles. The number of likely N-dealkylation sites (tertiary alicyclic amines) is 1. The first-order valence-electron chi connectivity index (χ1n) is 12.2. The highest BCUT2D eigenvalue weighted by Gasteiger charge is 2.52. The predicted octanol–water partition coefficient (Wildman–Crippen LogP) is 3.11. The van der Waals surface area contributed by atoms with Crippen molar-refractivity contribution in [1.29, 1.82) is 0 Å². The summed E-state index contributed by atoms with van der Waals surface area (Å²) in [5.74, 6) is -1.41. The number of hydrogen-bond acceptors (Lipinski definition) is 5. The van der Waals surface area contributed by atoms with Crippen molar-refractivity contribution in [3.05, 3.63) is 59.7 Å². The number of carboxylic acid groups (broad SMARTS) is 1. The van der Waals surface area contributed by atoms with E-state index in [2.05, 4.69) is 39.8 Å². The molecule has 1 saturated heterocycles. The summed E-state index contributed by atoms with van der Waals surface area (Å²) >= 11 is 0. The van der Waals surface area contributed by atoms with Gasteiger partial charge in [0, 0.05) is 25.4 Å². The van der Waals surface area contributed by atoms with Gasteiger partial charge in [0.15, 0.2) is 0 Å². The third-order valence-corrected chi connectivity index (χ3v) is 7.69. The molecule has 0 atom stereocenters. The maximum atomic E-state index is 13.0. The van der Waals surface area contributed by atoms with Gasteiger partial charge >= 0.3 is 12.1 Å². The van der Waals surface area contributed by atoms with Crippen LogP contribution < -0.4 is 10.6 Å². The zero-order chi connectivity index (χ0) is 24.6. The molecule has 8 heteroatoms. The van der Waals surface area contributed by atoms with Crippen molar-refractivity contribution >= 4 is 18.0 Å². The molecule has 5 rings (SSSR count). The zero-order valence-electron chi connectivity index (χ0n) is 19.9. The molecule has 8 nitrogen and oxygen atoms in total. The van der Waals surface area contributed by atoms with Gasteiger partial charge < -0.3 is 25.4 Å². The SMILES string of the molecule is CN1CCC(CC(=O)NC2(C(=O)O)CC2)(NC(=O)OCC2c3ccccc3-c3ccccc32)CC1. The maximum Gasteiger partial charge on any atom is 0.407 e. The van der Waals surface area contributed by atoms with E-state index in [1.165, 1.54) is 0 Å². The van der Waals surface area contributed by atoms with Gasteiger partial charge in [0.05, 0.1) is 5.54 Å². The summed E-state index contributed by atoms with van der Waals surface area (Å²) in [6.07, 6.45) is 1.51. The number of amides is 2. The quantitative estimate of drug-likeness (QED) is 0.566. The van der Waals surface area contributed by atoms with Crippen LogP contribution in [-0.4, -0.2) is 65.8 Å². The van der Waals surface area contributed by atoms with Gasteiger partial charge in [0.25, 0.3) is 0 Å². The lowest BCUT2D eigenvalue weighted by atomic mass is 9.84. The van der Waals surface area contributed by atoms with Crippen molar-refractivity contribution in [2.75, 3.05) is 26.7 Å². The highest BCUT2D eigenvalue weighted by Crippen LogP contribution is 2.44. The Morgan fingerprint density at radius 1 is 0.943 bits per heavy atom. The summed E-state index contributed by atoms with van der Waals surface area (Å²) in [6, 6.07) is 16.3. The third kappa shape index (κ3) is 4.62. The fourth-order valence-corrected chi connectivity index (χ4v) is 5.38. The first-order valence-corrected chi connectivity index (χ1v) is 12.2. The third-order valence-electron chi connectivity index (χ3n) is 7.69. The summed E-state index contributed by atoms with van der Waals surface area (Å²) in [7, 11) is 2.00. The zero-order valence-corrected chi connectivity index (χ0v) is 19.9. The number of piperidine rings is 1. The monoisotopic (exact) mass is 477 g/mol. The van der Waals surface area contributed by atoms with E-state index in [1.54, 1.807) is 0 Å². The average Bonchev–Trinajstić information content (AvgIpc) is 3.55. The molecule has 35 heavy (non-hydrogen) atoms. The van der Waals surface area contributed by atoms with Crippen LogP contribution in [0.4, 0.5) is 4.79 Å². The molecule has 0 radical (unpaired) electrons. The number of nitrogens with zero attached hydrogens (tertiary/aromatic N) is 1. The van der Waals surface area contributed by atoms with Crippen molar-refractivity contribution in [2.24, 2.45) is 0 Å². The van der Waals surface area contributed by atoms with E-state index in [1.807, 2.05) is 31.3 Å². The lowest BCUT2D eigenvalue weighted by Gasteiger charge is -2.40. The van der Waals surface area contributed by atoms with Crippen LogP contribution in [0.3, 0.4) is 0 Å². The molecule has 0 spiro atoms. The largest absolute Gasteiger partial charge is 0.480 e. The number of benzene rings is 2. The second kappa shape index (κ2) is 9.00. The topological polar surface area (TPSA) is 108 Å². The van der Waals surface area contributed by atoms with Crippen molar-refractivity contribution in [3.63, 3.8) is 0 Å². The number of carbonyl (C=O) groups is 3. The van der Waals surface area contributed by atoms with Gasteiger partial charge in [-0.15, -0.1) is 0 Å². The van der Waals surface area contributed by atoms with Crippen molar-refractivity contribution in [3.8, 4) is 11.1 Å². The van der Waals surface area contributed by atoms with Crippen LogP contribution in [0.25, 0.3) is 11.1 Å². The number of nitrogens with one attached hydrogen (secondary N) is 2. The van der Waals surface area contributed by atoms with Gasteiger partial charge in [-0.3, -0.25) is 4.79 Å². The highest BCUT2D eigenvalue weighted by atomic mass is 16.5. The van der Waals surface area contributed by atoms with Crippen LogP contribution in [0.15, 0.2) is 48.5 Å². The predicted molar refractivity (Wildman–Crippen MR) is 130 cm³/mol. The molecule has 0 unspecified atom stereocenters. The summed E-state index contributed by atoms with van der Waals surface area (Å²) < 4.78 is 5.74. The van der Waals surface area contributed by atoms with Crippen LogP contribution >= 0.6 is 0 Å². The fraction of sp³-hybridized carbons (Fsp3) is 0.444. The molecule has 2 aromatic carbocycles. The van der Waals surface area contributed by atoms with Gasteiger partial charge in [-0.05, 0) is 55.0 Å². The Balaban J connectivity index is 1.26. The van der Waals surface area contributed by atoms with Crippen LogP contribution in [-0.2, 0) is 14.3 Å². The standard InChI is InChI=1S/C27H31N3O5/c1-30-14-12-26(13-15-30,16-23(31)28-27(10-11-27)24(32)33)29-25(34)35-17-22-20-8-4-2-6-18(20)19-7-3-5-9-21(19)22/h2-9,22H,10-17H2,1H3,(H,28,31)(H,29,34)(H,32,33). The van der Waals surface area contributed by atoms with E-state index in [0.29, 0.717) is 25.7 Å². The number of alkyl carbamates (subject to hydrolysis) is 1. The molecule has 2 amide bonds. The molecule has 0 bridgehead atoms. The Labute approximate surface area is 204 Å². The van der Waals surface area contributed by atoms with Crippen molar-refractivity contribution < 1.29 is 24.2 Å². The van der Waals surface area contributed by atoms with E-state index in [0.717, 1.165) is 35.3 Å². The van der Waals surface area contributed by atoms with Crippen LogP contribution in [0.5, 0.6) is 0 Å². The van der Waals surface area contributed by atoms with Crippen LogP contribution in [0, 0.1) is 0 Å². The number of rotatable bonds is 7. The molecular weight excluding hydrogens is 446 g/mol. The van der Waals surface area contributed by atoms with Gasteiger partial charge in [-0.25, -0.2) is 9.59 Å². The Hall–Kier alpha value is -3.39. The van der Waals surface area contributed by atoms with Gasteiger partial charge in [0.2, 0.25) is 5.91 Å². The summed E-state index contributed by atoms with van der Waals surface area (Å²) in [6.45, 7) is 1.65. The molecule has 3 aliphatic rings. The minimum atomic E-state index is -1.15. The Kier molecular flexibility index (Phi) is 6.01. The fourth-order valence-electron chi connectivity index (χ4n) is 5.38. The minimum Gasteiger partial charge on any atom is -0.480 e. The number of carbonyl (C=O) groups excluding carboxylic acids is 2. The summed E-state index contributed by atoms with van der Waals surface area (Å²) in [5, 5.41) is 15.1. The molecule has 2 aliphatic carbocycles. The number of fused-ring (bicyclic) bond motifs is 3. The maximum absolute atomic E-state index is 13.0. The van der Waals surface area contributed by atoms with E-state index in [9.17, 15) is 19.5 Å². The molecule has 0 aromatic heterocycles. The average molecular weight is 478 g/mol. The van der Waals surface area contributed by atoms with Crippen LogP contribution in [0.2, 0.25) is 0 Å². The van der Waals surface area contributed by atoms with Gasteiger partial charge in [0.1, 0.15) is 12.1 Å². The van der Waals surface area contributed by atoms with Crippen molar-refractivity contribution in [1.82, 2.24) is 15.5 Å². The molecule has 3 N–H and O–H groups in total. The minimum absolute atomic E-state index is 0.0278. The second-order valence-electron chi connectivity index (χ2n) is 10.1. The second-order valence-corrected chi connectivity index (χ2v) is 10.1. The Morgan fingerprint density at radius 3 is 2.06 bits per heavy atom. The highest BCUT2D eigenvalue weighted by molar-refractivity contribution is 5.90. The van der Waals surface area contributed by atoms with Gasteiger partial charge in [-0.2, -0.15) is 0 Å². The molecule has 1 heterocycles. The number of carboxylic acids is 1. The smallest absolute Gasteiger partial charge is 0.407 e. The van der Waals surface area contributed by atoms with E-state index < -0.39 is 23.1 Å². The van der Waals surface area contributed by atoms with E-state index in [4.69, 9.17) is 4.74 Å². The molecule has 184 valence electrons. The number of aliphatic carboxylic acids is 1. The summed E-state index contributed by atoms with van der Waals surface area (Å²) in [4.78, 5) is 39.4. The summed E-state index contributed by atoms with van der Waals surface area (Å²) in [5.41, 5.74) is 2.68. The molecule has 2 fully saturated rings. The van der Waals surface area contributed by atoms with Gasteiger partial charge in [-0.1, -0.05) is 48.5 Å². The molecule has 2 aromatic rings. The molecule has 1 saturated carbocycles. The normalized spacial score (nSPS) is 19.8. The molecular formula is C27H31N3O5. The Bertz CT molecular complexity index is 1110.